The van der Waals surface area contributed by atoms with Gasteiger partial charge in [-0.3, -0.25) is 0 Å². The van der Waals surface area contributed by atoms with Crippen LogP contribution in [0.25, 0.3) is 0 Å². The minimum absolute atomic E-state index is 0.538. The van der Waals surface area contributed by atoms with E-state index in [2.05, 4.69) is 43.3 Å². The van der Waals surface area contributed by atoms with Crippen LogP contribution in [0.1, 0.15) is 5.56 Å². The third kappa shape index (κ3) is 3.58. The average molecular weight is 342 g/mol. The van der Waals surface area contributed by atoms with E-state index in [9.17, 15) is 0 Å². The Morgan fingerprint density at radius 2 is 2.21 bits per heavy atom. The predicted molar refractivity (Wildman–Crippen MR) is 82.8 cm³/mol. The summed E-state index contributed by atoms with van der Waals surface area (Å²) in [4.78, 5) is 10.4. The molecule has 1 N–H and O–H groups in total. The average Bonchev–Trinajstić information content (AvgIpc) is 2.39. The fourth-order valence-electron chi connectivity index (χ4n) is 1.73. The zero-order chi connectivity index (χ0) is 13.8. The van der Waals surface area contributed by atoms with Gasteiger partial charge in [0.05, 0.1) is 6.20 Å². The fourth-order valence-corrected chi connectivity index (χ4v) is 2.41. The molecule has 0 spiro atoms. The number of nitrogens with one attached hydrogen (secondary N) is 1. The highest BCUT2D eigenvalue weighted by Crippen LogP contribution is 2.24. The van der Waals surface area contributed by atoms with E-state index < -0.39 is 0 Å². The molecule has 100 valence electrons. The molecule has 0 unspecified atom stereocenters. The van der Waals surface area contributed by atoms with Gasteiger partial charge in [-0.2, -0.15) is 4.98 Å². The minimum Gasteiger partial charge on any atom is -0.357 e. The number of hydrogen-bond acceptors (Lipinski definition) is 4. The van der Waals surface area contributed by atoms with Gasteiger partial charge in [-0.1, -0.05) is 39.7 Å². The molecule has 2 rings (SSSR count). The molecule has 0 aliphatic heterocycles. The molecule has 1 aromatic heterocycles. The normalized spacial score (nSPS) is 10.3. The van der Waals surface area contributed by atoms with Crippen LogP contribution in [0.4, 0.5) is 11.8 Å². The van der Waals surface area contributed by atoms with Crippen molar-refractivity contribution >= 4 is 39.3 Å². The fraction of sp³-hybridized carbons (Fsp3) is 0.231. The third-order valence-electron chi connectivity index (χ3n) is 2.62. The summed E-state index contributed by atoms with van der Waals surface area (Å²) in [6.45, 7) is 0.722. The Hall–Kier alpha value is -1.33. The van der Waals surface area contributed by atoms with Crippen molar-refractivity contribution in [2.45, 2.75) is 6.54 Å². The maximum Gasteiger partial charge on any atom is 0.224 e. The van der Waals surface area contributed by atoms with E-state index in [-0.39, 0.29) is 0 Å². The Bertz CT molecular complexity index is 576. The smallest absolute Gasteiger partial charge is 0.224 e. The quantitative estimate of drug-likeness (QED) is 0.923. The maximum absolute atomic E-state index is 6.14. The first-order valence-corrected chi connectivity index (χ1v) is 6.93. The van der Waals surface area contributed by atoms with Crippen molar-refractivity contribution in [2.75, 3.05) is 24.3 Å². The summed E-state index contributed by atoms with van der Waals surface area (Å²) in [6, 6.07) is 8.15. The summed E-state index contributed by atoms with van der Waals surface area (Å²) < 4.78 is 1.06. The van der Waals surface area contributed by atoms with Gasteiger partial charge in [0, 0.05) is 25.1 Å². The Balaban J connectivity index is 2.22. The molecule has 1 heterocycles. The highest BCUT2D eigenvalue weighted by Gasteiger charge is 2.10. The van der Waals surface area contributed by atoms with Crippen molar-refractivity contribution in [1.82, 2.24) is 9.97 Å². The lowest BCUT2D eigenvalue weighted by Gasteiger charge is -2.19. The maximum atomic E-state index is 6.14. The molecule has 4 nitrogen and oxygen atoms in total. The van der Waals surface area contributed by atoms with Crippen LogP contribution in [0.2, 0.25) is 5.02 Å². The first-order chi connectivity index (χ1) is 9.10. The van der Waals surface area contributed by atoms with Gasteiger partial charge in [-0.05, 0) is 17.7 Å². The number of rotatable bonds is 4. The number of aromatic nitrogens is 2. The Labute approximate surface area is 126 Å². The molecule has 0 radical (unpaired) electrons. The molecule has 0 aliphatic rings. The summed E-state index contributed by atoms with van der Waals surface area (Å²) in [5, 5.41) is 3.45. The molecule has 0 fully saturated rings. The van der Waals surface area contributed by atoms with Gasteiger partial charge >= 0.3 is 0 Å². The van der Waals surface area contributed by atoms with Gasteiger partial charge in [0.25, 0.3) is 0 Å². The van der Waals surface area contributed by atoms with E-state index in [0.717, 1.165) is 11.0 Å². The second-order valence-corrected chi connectivity index (χ2v) is 5.42. The van der Waals surface area contributed by atoms with Crippen molar-refractivity contribution in [3.63, 3.8) is 0 Å². The van der Waals surface area contributed by atoms with Gasteiger partial charge in [0.2, 0.25) is 5.95 Å². The molecule has 2 aromatic rings. The van der Waals surface area contributed by atoms with E-state index in [1.165, 1.54) is 5.56 Å². The van der Waals surface area contributed by atoms with Crippen LogP contribution in [0, 0.1) is 0 Å². The molecule has 0 amide bonds. The van der Waals surface area contributed by atoms with Crippen LogP contribution in [-0.4, -0.2) is 24.1 Å². The van der Waals surface area contributed by atoms with Gasteiger partial charge in [0.1, 0.15) is 5.02 Å². The van der Waals surface area contributed by atoms with Crippen LogP contribution in [-0.2, 0) is 6.54 Å². The van der Waals surface area contributed by atoms with E-state index in [0.29, 0.717) is 16.8 Å². The molecule has 0 bridgehead atoms. The number of nitrogens with zero attached hydrogens (tertiary/aromatic N) is 3. The van der Waals surface area contributed by atoms with Crippen LogP contribution in [0.3, 0.4) is 0 Å². The molecule has 19 heavy (non-hydrogen) atoms. The van der Waals surface area contributed by atoms with Crippen LogP contribution in [0.5, 0.6) is 0 Å². The number of halogens is 2. The van der Waals surface area contributed by atoms with Crippen molar-refractivity contribution < 1.29 is 0 Å². The highest BCUT2D eigenvalue weighted by molar-refractivity contribution is 9.10. The Kier molecular flexibility index (Phi) is 4.61. The van der Waals surface area contributed by atoms with Crippen LogP contribution in [0.15, 0.2) is 34.9 Å². The van der Waals surface area contributed by atoms with Crippen molar-refractivity contribution in [3.05, 3.63) is 45.5 Å². The molecule has 0 saturated heterocycles. The van der Waals surface area contributed by atoms with Crippen LogP contribution >= 0.6 is 27.5 Å². The second kappa shape index (κ2) is 6.21. The zero-order valence-electron chi connectivity index (χ0n) is 10.7. The topological polar surface area (TPSA) is 41.1 Å². The number of benzene rings is 1. The molecular formula is C13H14BrClN4. The molecule has 6 heteroatoms. The molecular weight excluding hydrogens is 328 g/mol. The summed E-state index contributed by atoms with van der Waals surface area (Å²) in [5.74, 6) is 1.27. The SMILES string of the molecule is CNc1ncc(Cl)c(N(C)Cc2cccc(Br)c2)n1. The largest absolute Gasteiger partial charge is 0.357 e. The van der Waals surface area contributed by atoms with Crippen molar-refractivity contribution in [1.29, 1.82) is 0 Å². The predicted octanol–water partition coefficient (Wildman–Crippen LogP) is 3.57. The lowest BCUT2D eigenvalue weighted by Crippen LogP contribution is -2.19. The molecule has 0 atom stereocenters. The Morgan fingerprint density at radius 3 is 2.89 bits per heavy atom. The third-order valence-corrected chi connectivity index (χ3v) is 3.38. The summed E-state index contributed by atoms with van der Waals surface area (Å²) in [5.41, 5.74) is 1.18. The van der Waals surface area contributed by atoms with Gasteiger partial charge in [-0.15, -0.1) is 0 Å². The van der Waals surface area contributed by atoms with Gasteiger partial charge in [-0.25, -0.2) is 4.98 Å². The zero-order valence-corrected chi connectivity index (χ0v) is 13.0. The van der Waals surface area contributed by atoms with Gasteiger partial charge < -0.3 is 10.2 Å². The van der Waals surface area contributed by atoms with Crippen molar-refractivity contribution in [3.8, 4) is 0 Å². The first-order valence-electron chi connectivity index (χ1n) is 5.76. The van der Waals surface area contributed by atoms with E-state index in [4.69, 9.17) is 11.6 Å². The summed E-state index contributed by atoms with van der Waals surface area (Å²) in [6.07, 6.45) is 1.60. The summed E-state index contributed by atoms with van der Waals surface area (Å²) >= 11 is 9.61. The monoisotopic (exact) mass is 340 g/mol. The van der Waals surface area contributed by atoms with E-state index in [1.54, 1.807) is 13.2 Å². The van der Waals surface area contributed by atoms with Crippen LogP contribution < -0.4 is 10.2 Å². The molecule has 0 saturated carbocycles. The van der Waals surface area contributed by atoms with E-state index >= 15 is 0 Å². The molecule has 1 aromatic carbocycles. The summed E-state index contributed by atoms with van der Waals surface area (Å²) in [7, 11) is 3.73. The minimum atomic E-state index is 0.538. The Morgan fingerprint density at radius 1 is 1.42 bits per heavy atom. The molecule has 0 aliphatic carbocycles. The lowest BCUT2D eigenvalue weighted by molar-refractivity contribution is 0.892. The highest BCUT2D eigenvalue weighted by atomic mass is 79.9. The first kappa shape index (κ1) is 14.1. The second-order valence-electron chi connectivity index (χ2n) is 4.10. The van der Waals surface area contributed by atoms with Gasteiger partial charge in [0.15, 0.2) is 5.82 Å². The number of anilines is 2. The van der Waals surface area contributed by atoms with Crippen molar-refractivity contribution in [2.24, 2.45) is 0 Å². The van der Waals surface area contributed by atoms with E-state index in [1.807, 2.05) is 24.1 Å². The lowest BCUT2D eigenvalue weighted by atomic mass is 10.2. The standard InChI is InChI=1S/C13H14BrClN4/c1-16-13-17-7-11(15)12(18-13)19(2)8-9-4-3-5-10(14)6-9/h3-7H,8H2,1-2H3,(H,16,17,18). The number of hydrogen-bond donors (Lipinski definition) is 1.